The van der Waals surface area contributed by atoms with Gasteiger partial charge in [0, 0.05) is 13.1 Å². The molecule has 0 saturated carbocycles. The zero-order chi connectivity index (χ0) is 20.4. The highest BCUT2D eigenvalue weighted by molar-refractivity contribution is 7.99. The van der Waals surface area contributed by atoms with E-state index in [-0.39, 0.29) is 5.91 Å². The summed E-state index contributed by atoms with van der Waals surface area (Å²) in [5.74, 6) is 1.90. The number of aromatic nitrogens is 3. The van der Waals surface area contributed by atoms with Crippen LogP contribution in [0.3, 0.4) is 0 Å². The Bertz CT molecular complexity index is 1020. The molecule has 1 aromatic carbocycles. The Balaban J connectivity index is 1.69. The van der Waals surface area contributed by atoms with Crippen molar-refractivity contribution in [1.82, 2.24) is 19.7 Å². The highest BCUT2D eigenvalue weighted by Crippen LogP contribution is 2.32. The molecule has 3 aromatic rings. The molecule has 7 nitrogen and oxygen atoms in total. The third kappa shape index (κ3) is 3.95. The van der Waals surface area contributed by atoms with Gasteiger partial charge in [-0.1, -0.05) is 23.9 Å². The monoisotopic (exact) mass is 412 g/mol. The van der Waals surface area contributed by atoms with E-state index < -0.39 is 0 Å². The Morgan fingerprint density at radius 3 is 2.66 bits per heavy atom. The van der Waals surface area contributed by atoms with Crippen molar-refractivity contribution in [2.45, 2.75) is 25.9 Å². The van der Waals surface area contributed by atoms with Gasteiger partial charge in [-0.25, -0.2) is 0 Å². The number of aryl methyl sites for hydroxylation is 2. The maximum atomic E-state index is 12.6. The summed E-state index contributed by atoms with van der Waals surface area (Å²) in [4.78, 5) is 14.5. The van der Waals surface area contributed by atoms with Crippen molar-refractivity contribution in [2.24, 2.45) is 0 Å². The average Bonchev–Trinajstić information content (AvgIpc) is 3.34. The lowest BCUT2D eigenvalue weighted by Gasteiger charge is -2.26. The molecule has 3 heterocycles. The molecule has 8 heteroatoms. The number of ether oxygens (including phenoxy) is 1. The van der Waals surface area contributed by atoms with E-state index in [9.17, 15) is 4.79 Å². The van der Waals surface area contributed by atoms with Crippen LogP contribution in [-0.2, 0) is 9.53 Å². The molecule has 152 valence electrons. The molecule has 0 bridgehead atoms. The van der Waals surface area contributed by atoms with Gasteiger partial charge in [-0.05, 0) is 44.0 Å². The summed E-state index contributed by atoms with van der Waals surface area (Å²) in [5, 5.41) is 9.55. The number of amides is 1. The molecule has 1 aliphatic rings. The quantitative estimate of drug-likeness (QED) is 0.598. The van der Waals surface area contributed by atoms with E-state index in [4.69, 9.17) is 9.15 Å². The van der Waals surface area contributed by atoms with Crippen LogP contribution >= 0.6 is 11.8 Å². The number of furan rings is 1. The molecule has 0 atom stereocenters. The first-order valence-corrected chi connectivity index (χ1v) is 10.6. The predicted octanol–water partition coefficient (Wildman–Crippen LogP) is 3.40. The van der Waals surface area contributed by atoms with Crippen LogP contribution in [0.1, 0.15) is 16.9 Å². The van der Waals surface area contributed by atoms with E-state index in [1.165, 1.54) is 17.3 Å². The minimum Gasteiger partial charge on any atom is -0.469 e. The highest BCUT2D eigenvalue weighted by atomic mass is 32.2. The van der Waals surface area contributed by atoms with E-state index >= 15 is 0 Å². The fraction of sp³-hybridized carbons (Fsp3) is 0.381. The summed E-state index contributed by atoms with van der Waals surface area (Å²) >= 11 is 1.41. The van der Waals surface area contributed by atoms with Gasteiger partial charge in [0.25, 0.3) is 0 Å². The number of rotatable bonds is 5. The molecular weight excluding hydrogens is 388 g/mol. The first-order valence-electron chi connectivity index (χ1n) is 9.61. The maximum absolute atomic E-state index is 12.6. The minimum atomic E-state index is 0.0925. The van der Waals surface area contributed by atoms with Gasteiger partial charge >= 0.3 is 0 Å². The molecule has 1 saturated heterocycles. The summed E-state index contributed by atoms with van der Waals surface area (Å²) in [5.41, 5.74) is 4.24. The first kappa shape index (κ1) is 19.7. The van der Waals surface area contributed by atoms with Gasteiger partial charge in [-0.2, -0.15) is 0 Å². The molecule has 0 aliphatic carbocycles. The Kier molecular flexibility index (Phi) is 5.73. The Labute approximate surface area is 174 Å². The number of carbonyl (C=O) groups is 1. The fourth-order valence-electron chi connectivity index (χ4n) is 3.38. The Morgan fingerprint density at radius 2 is 1.93 bits per heavy atom. The summed E-state index contributed by atoms with van der Waals surface area (Å²) in [6.07, 6.45) is 1.65. The lowest BCUT2D eigenvalue weighted by Crippen LogP contribution is -2.41. The Hall–Kier alpha value is -2.58. The van der Waals surface area contributed by atoms with Crippen molar-refractivity contribution >= 4 is 17.7 Å². The first-order chi connectivity index (χ1) is 14.1. The molecule has 4 rings (SSSR count). The van der Waals surface area contributed by atoms with Crippen molar-refractivity contribution in [2.75, 3.05) is 32.1 Å². The van der Waals surface area contributed by atoms with Crippen molar-refractivity contribution in [3.8, 4) is 17.1 Å². The van der Waals surface area contributed by atoms with Gasteiger partial charge in [0.2, 0.25) is 5.91 Å². The average molecular weight is 413 g/mol. The van der Waals surface area contributed by atoms with Crippen molar-refractivity contribution < 1.29 is 13.9 Å². The minimum absolute atomic E-state index is 0.0925. The van der Waals surface area contributed by atoms with Crippen molar-refractivity contribution in [3.63, 3.8) is 0 Å². The summed E-state index contributed by atoms with van der Waals surface area (Å²) in [7, 11) is 0. The maximum Gasteiger partial charge on any atom is 0.233 e. The smallest absolute Gasteiger partial charge is 0.233 e. The van der Waals surface area contributed by atoms with E-state index in [0.29, 0.717) is 43.0 Å². The van der Waals surface area contributed by atoms with E-state index in [1.54, 1.807) is 6.26 Å². The third-order valence-electron chi connectivity index (χ3n) is 5.24. The molecule has 0 radical (unpaired) electrons. The number of nitrogens with zero attached hydrogens (tertiary/aromatic N) is 4. The molecular formula is C21H24N4O3S. The number of hydrogen-bond donors (Lipinski definition) is 0. The Morgan fingerprint density at radius 1 is 1.14 bits per heavy atom. The number of thioether (sulfide) groups is 1. The number of hydrogen-bond acceptors (Lipinski definition) is 6. The second-order valence-electron chi connectivity index (χ2n) is 7.03. The normalized spacial score (nSPS) is 14.4. The van der Waals surface area contributed by atoms with Gasteiger partial charge in [0.1, 0.15) is 5.76 Å². The summed E-state index contributed by atoms with van der Waals surface area (Å²) in [6, 6.07) is 8.06. The van der Waals surface area contributed by atoms with E-state index in [1.807, 2.05) is 28.5 Å². The number of morpholine rings is 1. The molecule has 2 aromatic heterocycles. The van der Waals surface area contributed by atoms with Crippen LogP contribution < -0.4 is 0 Å². The third-order valence-corrected chi connectivity index (χ3v) is 6.15. The van der Waals surface area contributed by atoms with Crippen molar-refractivity contribution in [1.29, 1.82) is 0 Å². The highest BCUT2D eigenvalue weighted by Gasteiger charge is 2.23. The zero-order valence-corrected chi connectivity index (χ0v) is 17.7. The summed E-state index contributed by atoms with van der Waals surface area (Å²) in [6.45, 7) is 8.56. The fourth-order valence-corrected chi connectivity index (χ4v) is 4.23. The van der Waals surface area contributed by atoms with Gasteiger partial charge in [0.05, 0.1) is 36.5 Å². The van der Waals surface area contributed by atoms with E-state index in [2.05, 4.69) is 36.2 Å². The standard InChI is InChI=1S/C21H24N4O3S/c1-14-5-4-6-18(15(14)2)25-20(17-7-10-28-16(17)3)22-23-21(25)29-13-19(26)24-8-11-27-12-9-24/h4-7,10H,8-9,11-13H2,1-3H3. The van der Waals surface area contributed by atoms with Crippen LogP contribution in [0.5, 0.6) is 0 Å². The second kappa shape index (κ2) is 8.42. The van der Waals surface area contributed by atoms with Gasteiger partial charge in [-0.3, -0.25) is 9.36 Å². The molecule has 1 fully saturated rings. The van der Waals surface area contributed by atoms with E-state index in [0.717, 1.165) is 22.6 Å². The predicted molar refractivity (Wildman–Crippen MR) is 111 cm³/mol. The molecule has 1 amide bonds. The molecule has 29 heavy (non-hydrogen) atoms. The van der Waals surface area contributed by atoms with Crippen LogP contribution in [0.4, 0.5) is 0 Å². The molecule has 0 spiro atoms. The van der Waals surface area contributed by atoms with Gasteiger partial charge < -0.3 is 14.1 Å². The SMILES string of the molecule is Cc1cccc(-n2c(SCC(=O)N3CCOCC3)nnc2-c2ccoc2C)c1C. The molecule has 1 aliphatic heterocycles. The lowest BCUT2D eigenvalue weighted by atomic mass is 10.1. The largest absolute Gasteiger partial charge is 0.469 e. The lowest BCUT2D eigenvalue weighted by molar-refractivity contribution is -0.132. The van der Waals surface area contributed by atoms with Crippen LogP contribution in [0.25, 0.3) is 17.1 Å². The topological polar surface area (TPSA) is 73.4 Å². The second-order valence-corrected chi connectivity index (χ2v) is 7.98. The molecule has 0 N–H and O–H groups in total. The zero-order valence-electron chi connectivity index (χ0n) is 16.8. The number of benzene rings is 1. The van der Waals surface area contributed by atoms with Crippen LogP contribution in [0, 0.1) is 20.8 Å². The van der Waals surface area contributed by atoms with Gasteiger partial charge in [0.15, 0.2) is 11.0 Å². The van der Waals surface area contributed by atoms with Gasteiger partial charge in [-0.15, -0.1) is 10.2 Å². The van der Waals surface area contributed by atoms with Crippen LogP contribution in [-0.4, -0.2) is 57.6 Å². The molecule has 0 unspecified atom stereocenters. The summed E-state index contributed by atoms with van der Waals surface area (Å²) < 4.78 is 12.8. The van der Waals surface area contributed by atoms with Crippen molar-refractivity contribution in [3.05, 3.63) is 47.4 Å². The number of carbonyl (C=O) groups excluding carboxylic acids is 1. The van der Waals surface area contributed by atoms with Crippen LogP contribution in [0.2, 0.25) is 0 Å². The van der Waals surface area contributed by atoms with Crippen LogP contribution in [0.15, 0.2) is 40.1 Å².